The highest BCUT2D eigenvalue weighted by Gasteiger charge is 2.40. The van der Waals surface area contributed by atoms with Crippen molar-refractivity contribution in [3.05, 3.63) is 48.5 Å². The standard InChI is InChI=1S/C20H23ClN6O/c1-20(2,3)18(26-19(24-12-22)25-14-5-4-8-23-9-14)27-10-13-6-7-16(21)17(28)15(13)11-27/h4-10,15-16,18H,11H2,1-3H3,(H2,24,25,26). The Morgan fingerprint density at radius 1 is 1.50 bits per heavy atom. The van der Waals surface area contributed by atoms with E-state index in [1.165, 1.54) is 0 Å². The number of fused-ring (bicyclic) bond motifs is 1. The smallest absolute Gasteiger partial charge is 0.213 e. The third kappa shape index (κ3) is 4.34. The number of aliphatic imine (C=N–C) groups is 1. The Morgan fingerprint density at radius 3 is 2.93 bits per heavy atom. The summed E-state index contributed by atoms with van der Waals surface area (Å²) < 4.78 is 0. The molecule has 0 saturated carbocycles. The molecule has 28 heavy (non-hydrogen) atoms. The molecule has 3 atom stereocenters. The summed E-state index contributed by atoms with van der Waals surface area (Å²) in [6.07, 6.45) is 10.6. The van der Waals surface area contributed by atoms with Crippen molar-refractivity contribution in [2.75, 3.05) is 11.9 Å². The molecule has 3 rings (SSSR count). The first-order valence-electron chi connectivity index (χ1n) is 9.03. The normalized spacial score (nSPS) is 23.0. The summed E-state index contributed by atoms with van der Waals surface area (Å²) in [6, 6.07) is 3.63. The fraction of sp³-hybridized carbons (Fsp3) is 0.400. The predicted octanol–water partition coefficient (Wildman–Crippen LogP) is 2.85. The molecule has 2 N–H and O–H groups in total. The minimum absolute atomic E-state index is 0.0185. The van der Waals surface area contributed by atoms with Gasteiger partial charge in [-0.1, -0.05) is 32.9 Å². The summed E-state index contributed by atoms with van der Waals surface area (Å²) in [5.41, 5.74) is 1.45. The van der Waals surface area contributed by atoms with Crippen molar-refractivity contribution in [1.29, 1.82) is 5.26 Å². The van der Waals surface area contributed by atoms with E-state index in [2.05, 4.69) is 46.3 Å². The number of anilines is 1. The highest BCUT2D eigenvalue weighted by Crippen LogP contribution is 2.34. The topological polar surface area (TPSA) is 93.4 Å². The molecule has 146 valence electrons. The van der Waals surface area contributed by atoms with Gasteiger partial charge in [-0.15, -0.1) is 16.6 Å². The first-order chi connectivity index (χ1) is 13.3. The molecule has 7 nitrogen and oxygen atoms in total. The van der Waals surface area contributed by atoms with E-state index in [4.69, 9.17) is 16.9 Å². The molecule has 1 aromatic heterocycles. The van der Waals surface area contributed by atoms with Crippen LogP contribution in [-0.4, -0.2) is 39.7 Å². The maximum Gasteiger partial charge on any atom is 0.213 e. The number of hydrogen-bond donors (Lipinski definition) is 2. The lowest BCUT2D eigenvalue weighted by Gasteiger charge is -2.39. The zero-order chi connectivity index (χ0) is 20.3. The van der Waals surface area contributed by atoms with Gasteiger partial charge >= 0.3 is 0 Å². The maximum absolute atomic E-state index is 12.4. The molecule has 0 saturated heterocycles. The van der Waals surface area contributed by atoms with Gasteiger partial charge in [-0.2, -0.15) is 5.26 Å². The number of carbonyl (C=O) groups excluding carboxylic acids is 1. The summed E-state index contributed by atoms with van der Waals surface area (Å²) in [5, 5.41) is 14.9. The van der Waals surface area contributed by atoms with Gasteiger partial charge in [0.05, 0.1) is 17.8 Å². The summed E-state index contributed by atoms with van der Waals surface area (Å²) in [6.45, 7) is 6.78. The monoisotopic (exact) mass is 398 g/mol. The Hall–Kier alpha value is -2.85. The molecule has 1 aromatic rings. The van der Waals surface area contributed by atoms with Gasteiger partial charge in [0.1, 0.15) is 11.5 Å². The number of guanidine groups is 1. The molecule has 0 bridgehead atoms. The van der Waals surface area contributed by atoms with E-state index in [9.17, 15) is 4.79 Å². The van der Waals surface area contributed by atoms with Crippen LogP contribution in [0.25, 0.3) is 0 Å². The number of carbonyl (C=O) groups is 1. The molecule has 0 radical (unpaired) electrons. The van der Waals surface area contributed by atoms with Crippen molar-refractivity contribution in [3.8, 4) is 6.19 Å². The number of nitriles is 1. The van der Waals surface area contributed by atoms with Crippen LogP contribution >= 0.6 is 11.6 Å². The van der Waals surface area contributed by atoms with Crippen molar-refractivity contribution < 1.29 is 4.79 Å². The van der Waals surface area contributed by atoms with Crippen LogP contribution in [0.2, 0.25) is 0 Å². The van der Waals surface area contributed by atoms with Gasteiger partial charge in [0.2, 0.25) is 12.2 Å². The van der Waals surface area contributed by atoms with Crippen LogP contribution in [0.15, 0.2) is 53.4 Å². The van der Waals surface area contributed by atoms with Crippen LogP contribution in [0.3, 0.4) is 0 Å². The second-order valence-electron chi connectivity index (χ2n) is 7.88. The van der Waals surface area contributed by atoms with Crippen molar-refractivity contribution in [3.63, 3.8) is 0 Å². The summed E-state index contributed by atoms with van der Waals surface area (Å²) in [7, 11) is 0. The fourth-order valence-corrected chi connectivity index (χ4v) is 3.60. The Kier molecular flexibility index (Phi) is 5.71. The molecule has 1 aliphatic heterocycles. The van der Waals surface area contributed by atoms with Gasteiger partial charge in [0.25, 0.3) is 0 Å². The van der Waals surface area contributed by atoms with E-state index in [0.717, 1.165) is 5.57 Å². The van der Waals surface area contributed by atoms with Crippen LogP contribution < -0.4 is 10.6 Å². The fourth-order valence-electron chi connectivity index (χ4n) is 3.37. The van der Waals surface area contributed by atoms with Crippen molar-refractivity contribution in [1.82, 2.24) is 15.2 Å². The summed E-state index contributed by atoms with van der Waals surface area (Å²) in [4.78, 5) is 22.5. The Morgan fingerprint density at radius 2 is 2.29 bits per heavy atom. The number of nitrogens with one attached hydrogen (secondary N) is 2. The second-order valence-corrected chi connectivity index (χ2v) is 8.35. The van der Waals surface area contributed by atoms with Gasteiger partial charge in [-0.05, 0) is 17.7 Å². The van der Waals surface area contributed by atoms with E-state index in [-0.39, 0.29) is 23.3 Å². The van der Waals surface area contributed by atoms with Gasteiger partial charge in [-0.25, -0.2) is 0 Å². The molecule has 2 heterocycles. The lowest BCUT2D eigenvalue weighted by Crippen LogP contribution is -2.55. The molecule has 0 fully saturated rings. The van der Waals surface area contributed by atoms with Crippen LogP contribution in [0.5, 0.6) is 0 Å². The third-order valence-electron chi connectivity index (χ3n) is 4.70. The zero-order valence-electron chi connectivity index (χ0n) is 16.1. The minimum atomic E-state index is -0.578. The number of aromatic nitrogens is 1. The summed E-state index contributed by atoms with van der Waals surface area (Å²) in [5.74, 6) is 0.104. The highest BCUT2D eigenvalue weighted by molar-refractivity contribution is 6.33. The van der Waals surface area contributed by atoms with E-state index >= 15 is 0 Å². The van der Waals surface area contributed by atoms with Gasteiger partial charge in [-0.3, -0.25) is 9.78 Å². The Labute approximate surface area is 169 Å². The molecule has 8 heteroatoms. The maximum atomic E-state index is 12.4. The predicted molar refractivity (Wildman–Crippen MR) is 109 cm³/mol. The van der Waals surface area contributed by atoms with Crippen LogP contribution in [-0.2, 0) is 4.79 Å². The van der Waals surface area contributed by atoms with Gasteiger partial charge < -0.3 is 15.5 Å². The molecule has 0 aromatic carbocycles. The number of Topliss-reactive ketones (excluding diaryl/α,β-unsaturated/α-hetero) is 1. The Bertz CT molecular complexity index is 865. The number of hydrogen-bond acceptors (Lipinski definition) is 5. The molecule has 1 aliphatic carbocycles. The number of allylic oxidation sites excluding steroid dienone is 2. The molecular formula is C20H23ClN6O. The van der Waals surface area contributed by atoms with Crippen LogP contribution in [0.4, 0.5) is 5.69 Å². The van der Waals surface area contributed by atoms with Gasteiger partial charge in [0, 0.05) is 24.4 Å². The zero-order valence-corrected chi connectivity index (χ0v) is 16.8. The van der Waals surface area contributed by atoms with E-state index < -0.39 is 5.38 Å². The molecule has 0 amide bonds. The highest BCUT2D eigenvalue weighted by atomic mass is 35.5. The third-order valence-corrected chi connectivity index (χ3v) is 5.06. The molecule has 0 spiro atoms. The minimum Gasteiger partial charge on any atom is -0.356 e. The lowest BCUT2D eigenvalue weighted by molar-refractivity contribution is -0.121. The van der Waals surface area contributed by atoms with Crippen molar-refractivity contribution >= 4 is 29.0 Å². The second kappa shape index (κ2) is 8.03. The molecule has 3 unspecified atom stereocenters. The Balaban J connectivity index is 1.82. The number of ketones is 1. The average Bonchev–Trinajstić information content (AvgIpc) is 3.07. The number of pyridine rings is 1. The quantitative estimate of drug-likeness (QED) is 0.352. The molecule has 2 aliphatic rings. The van der Waals surface area contributed by atoms with Crippen LogP contribution in [0.1, 0.15) is 20.8 Å². The van der Waals surface area contributed by atoms with E-state index in [1.54, 1.807) is 24.5 Å². The van der Waals surface area contributed by atoms with Crippen molar-refractivity contribution in [2.45, 2.75) is 32.3 Å². The number of rotatable bonds is 3. The number of nitrogens with zero attached hydrogens (tertiary/aromatic N) is 4. The van der Waals surface area contributed by atoms with Gasteiger partial charge in [0.15, 0.2) is 5.78 Å². The van der Waals surface area contributed by atoms with E-state index in [1.807, 2.05) is 24.5 Å². The number of alkyl halides is 1. The lowest BCUT2D eigenvalue weighted by atomic mass is 9.89. The first-order valence-corrected chi connectivity index (χ1v) is 9.47. The molecular weight excluding hydrogens is 376 g/mol. The largest absolute Gasteiger partial charge is 0.356 e. The first kappa shape index (κ1) is 19.9. The number of halogens is 1. The van der Waals surface area contributed by atoms with E-state index in [0.29, 0.717) is 18.2 Å². The SMILES string of the molecule is CC(C)(C)C(NC(=NC#N)Nc1cccnc1)N1C=C2C=CC(Cl)C(=O)C2C1. The summed E-state index contributed by atoms with van der Waals surface area (Å²) >= 11 is 6.10. The van der Waals surface area contributed by atoms with Crippen LogP contribution in [0, 0.1) is 22.8 Å². The average molecular weight is 399 g/mol. The van der Waals surface area contributed by atoms with Crippen molar-refractivity contribution in [2.24, 2.45) is 16.3 Å².